The average Bonchev–Trinajstić information content (AvgIpc) is 2.82. The number of hydrogen-bond donors (Lipinski definition) is 1. The molecule has 0 spiro atoms. The van der Waals surface area contributed by atoms with Gasteiger partial charge in [-0.1, -0.05) is 0 Å². The molecule has 0 aliphatic carbocycles. The van der Waals surface area contributed by atoms with Crippen LogP contribution in [-0.4, -0.2) is 19.7 Å². The summed E-state index contributed by atoms with van der Waals surface area (Å²) in [6.07, 6.45) is 2.92. The molecule has 3 aromatic rings. The number of pyridine rings is 1. The van der Waals surface area contributed by atoms with E-state index in [1.165, 1.54) is 18.6 Å². The van der Waals surface area contributed by atoms with Crippen LogP contribution >= 0.6 is 0 Å². The lowest BCUT2D eigenvalue weighted by molar-refractivity contribution is 0.590. The van der Waals surface area contributed by atoms with E-state index in [0.717, 1.165) is 6.07 Å². The summed E-state index contributed by atoms with van der Waals surface area (Å²) in [6.45, 7) is 0.397. The van der Waals surface area contributed by atoms with E-state index in [0.29, 0.717) is 23.4 Å². The summed E-state index contributed by atoms with van der Waals surface area (Å²) in [7, 11) is 1.77. The van der Waals surface area contributed by atoms with Crippen molar-refractivity contribution in [1.82, 2.24) is 19.7 Å². The summed E-state index contributed by atoms with van der Waals surface area (Å²) in [5.41, 5.74) is 0.728. The van der Waals surface area contributed by atoms with Crippen molar-refractivity contribution in [3.8, 4) is 0 Å². The van der Waals surface area contributed by atoms with E-state index in [9.17, 15) is 8.78 Å². The van der Waals surface area contributed by atoms with Gasteiger partial charge in [-0.25, -0.2) is 13.8 Å². The van der Waals surface area contributed by atoms with E-state index >= 15 is 0 Å². The van der Waals surface area contributed by atoms with Crippen molar-refractivity contribution >= 4 is 16.6 Å². The maximum Gasteiger partial charge on any atom is 0.152 e. The Morgan fingerprint density at radius 1 is 1.25 bits per heavy atom. The Hall–Kier alpha value is -2.57. The largest absolute Gasteiger partial charge is 0.377 e. The van der Waals surface area contributed by atoms with Crippen LogP contribution in [0.3, 0.4) is 0 Å². The fourth-order valence-corrected chi connectivity index (χ4v) is 1.99. The molecule has 2 aromatic heterocycles. The molecule has 0 bridgehead atoms. The van der Waals surface area contributed by atoms with Gasteiger partial charge < -0.3 is 5.32 Å². The zero-order valence-electron chi connectivity index (χ0n) is 10.6. The first-order valence-electron chi connectivity index (χ1n) is 5.95. The summed E-state index contributed by atoms with van der Waals surface area (Å²) in [5.74, 6) is -0.598. The molecule has 1 N–H and O–H groups in total. The van der Waals surface area contributed by atoms with Crippen LogP contribution in [0.2, 0.25) is 0 Å². The van der Waals surface area contributed by atoms with Gasteiger partial charge in [0.25, 0.3) is 0 Å². The fourth-order valence-electron chi connectivity index (χ4n) is 1.99. The van der Waals surface area contributed by atoms with Crippen LogP contribution in [0.4, 0.5) is 14.5 Å². The second-order valence-electron chi connectivity index (χ2n) is 4.30. The molecule has 20 heavy (non-hydrogen) atoms. The number of benzene rings is 1. The number of fused-ring (bicyclic) bond motifs is 1. The van der Waals surface area contributed by atoms with E-state index < -0.39 is 11.6 Å². The molecule has 0 atom stereocenters. The topological polar surface area (TPSA) is 55.6 Å². The normalized spacial score (nSPS) is 10.9. The highest BCUT2D eigenvalue weighted by Gasteiger charge is 2.09. The number of aromatic nitrogens is 4. The number of aryl methyl sites for hydroxylation is 1. The molecule has 2 heterocycles. The predicted molar refractivity (Wildman–Crippen MR) is 70.0 cm³/mol. The molecule has 0 saturated carbocycles. The predicted octanol–water partition coefficient (Wildman–Crippen LogP) is 2.25. The molecule has 0 unspecified atom stereocenters. The van der Waals surface area contributed by atoms with Crippen molar-refractivity contribution in [3.63, 3.8) is 0 Å². The first-order valence-corrected chi connectivity index (χ1v) is 5.95. The van der Waals surface area contributed by atoms with Gasteiger partial charge in [-0.2, -0.15) is 5.10 Å². The van der Waals surface area contributed by atoms with E-state index in [4.69, 9.17) is 0 Å². The van der Waals surface area contributed by atoms with Gasteiger partial charge >= 0.3 is 0 Å². The zero-order valence-corrected chi connectivity index (χ0v) is 10.6. The van der Waals surface area contributed by atoms with Crippen LogP contribution in [0.5, 0.6) is 0 Å². The van der Waals surface area contributed by atoms with Gasteiger partial charge in [0.05, 0.1) is 6.54 Å². The van der Waals surface area contributed by atoms with Crippen LogP contribution in [0, 0.1) is 11.6 Å². The van der Waals surface area contributed by atoms with E-state index in [-0.39, 0.29) is 5.52 Å². The maximum absolute atomic E-state index is 13.6. The van der Waals surface area contributed by atoms with Gasteiger partial charge in [0.1, 0.15) is 23.5 Å². The lowest BCUT2D eigenvalue weighted by Crippen LogP contribution is -2.07. The summed E-state index contributed by atoms with van der Waals surface area (Å²) >= 11 is 0. The number of hydrogen-bond acceptors (Lipinski definition) is 4. The summed E-state index contributed by atoms with van der Waals surface area (Å²) in [6, 6.07) is 3.74. The molecular formula is C13H11F2N5. The Morgan fingerprint density at radius 3 is 2.85 bits per heavy atom. The highest BCUT2D eigenvalue weighted by atomic mass is 19.1. The molecule has 0 aliphatic rings. The third-order valence-electron chi connectivity index (χ3n) is 3.01. The first kappa shape index (κ1) is 12.5. The number of halogens is 2. The lowest BCUT2D eigenvalue weighted by Gasteiger charge is -2.09. The van der Waals surface area contributed by atoms with Crippen LogP contribution in [0.25, 0.3) is 10.9 Å². The van der Waals surface area contributed by atoms with Crippen molar-refractivity contribution in [2.75, 3.05) is 5.32 Å². The standard InChI is InChI=1S/C13H11F2N5/c1-20-12(18-7-19-20)6-17-11-2-3-16-13-9(11)4-8(14)5-10(13)15/h2-5,7H,6H2,1H3,(H,16,17). The molecule has 5 nitrogen and oxygen atoms in total. The third kappa shape index (κ3) is 2.18. The van der Waals surface area contributed by atoms with Crippen LogP contribution in [0.1, 0.15) is 5.82 Å². The quantitative estimate of drug-likeness (QED) is 0.796. The number of anilines is 1. The molecule has 1 aromatic carbocycles. The van der Waals surface area contributed by atoms with Crippen molar-refractivity contribution in [2.45, 2.75) is 6.54 Å². The summed E-state index contributed by atoms with van der Waals surface area (Å²) in [4.78, 5) is 8.00. The second-order valence-corrected chi connectivity index (χ2v) is 4.30. The second kappa shape index (κ2) is 4.84. The van der Waals surface area contributed by atoms with Gasteiger partial charge in [0, 0.05) is 30.4 Å². The summed E-state index contributed by atoms with van der Waals surface area (Å²) < 4.78 is 28.6. The highest BCUT2D eigenvalue weighted by molar-refractivity contribution is 5.91. The molecule has 102 valence electrons. The molecule has 0 radical (unpaired) electrons. The molecule has 0 fully saturated rings. The molecule has 0 saturated heterocycles. The average molecular weight is 275 g/mol. The van der Waals surface area contributed by atoms with Crippen molar-refractivity contribution in [3.05, 3.63) is 48.2 Å². The van der Waals surface area contributed by atoms with Crippen LogP contribution in [-0.2, 0) is 13.6 Å². The van der Waals surface area contributed by atoms with Gasteiger partial charge in [0.15, 0.2) is 5.82 Å². The summed E-state index contributed by atoms with van der Waals surface area (Å²) in [5, 5.41) is 7.44. The third-order valence-corrected chi connectivity index (χ3v) is 3.01. The van der Waals surface area contributed by atoms with Crippen molar-refractivity contribution < 1.29 is 8.78 Å². The Kier molecular flexibility index (Phi) is 3.02. The number of nitrogens with zero attached hydrogens (tertiary/aromatic N) is 4. The molecule has 7 heteroatoms. The minimum Gasteiger partial charge on any atom is -0.377 e. The molecule has 0 aliphatic heterocycles. The lowest BCUT2D eigenvalue weighted by atomic mass is 10.1. The van der Waals surface area contributed by atoms with E-state index in [1.54, 1.807) is 17.8 Å². The monoisotopic (exact) mass is 275 g/mol. The minimum atomic E-state index is -0.678. The Balaban J connectivity index is 1.97. The Labute approximate surface area is 113 Å². The van der Waals surface area contributed by atoms with Gasteiger partial charge in [-0.05, 0) is 12.1 Å². The number of rotatable bonds is 3. The van der Waals surface area contributed by atoms with Crippen LogP contribution < -0.4 is 5.32 Å². The highest BCUT2D eigenvalue weighted by Crippen LogP contribution is 2.25. The minimum absolute atomic E-state index is 0.134. The van der Waals surface area contributed by atoms with E-state index in [2.05, 4.69) is 20.4 Å². The van der Waals surface area contributed by atoms with Gasteiger partial charge in [0.2, 0.25) is 0 Å². The molecule has 0 amide bonds. The van der Waals surface area contributed by atoms with Gasteiger partial charge in [-0.15, -0.1) is 0 Å². The number of nitrogens with one attached hydrogen (secondary N) is 1. The Morgan fingerprint density at radius 2 is 2.10 bits per heavy atom. The van der Waals surface area contributed by atoms with Crippen LogP contribution in [0.15, 0.2) is 30.7 Å². The zero-order chi connectivity index (χ0) is 14.1. The molecule has 3 rings (SSSR count). The maximum atomic E-state index is 13.6. The van der Waals surface area contributed by atoms with Gasteiger partial charge in [-0.3, -0.25) is 9.67 Å². The fraction of sp³-hybridized carbons (Fsp3) is 0.154. The van der Waals surface area contributed by atoms with Crippen molar-refractivity contribution in [2.24, 2.45) is 7.05 Å². The van der Waals surface area contributed by atoms with Crippen molar-refractivity contribution in [1.29, 1.82) is 0 Å². The van der Waals surface area contributed by atoms with E-state index in [1.807, 2.05) is 0 Å². The smallest absolute Gasteiger partial charge is 0.152 e. The SMILES string of the molecule is Cn1ncnc1CNc1ccnc2c(F)cc(F)cc12. The Bertz CT molecular complexity index is 769. The first-order chi connectivity index (χ1) is 9.65. The molecular weight excluding hydrogens is 264 g/mol.